The summed E-state index contributed by atoms with van der Waals surface area (Å²) in [6.07, 6.45) is -1.21. The molecule has 1 atom stereocenters. The zero-order chi connectivity index (χ0) is 12.3. The minimum absolute atomic E-state index is 0.195. The van der Waals surface area contributed by atoms with Gasteiger partial charge in [0.1, 0.15) is 10.6 Å². The third kappa shape index (κ3) is 2.94. The van der Waals surface area contributed by atoms with Gasteiger partial charge in [0.15, 0.2) is 6.10 Å². The van der Waals surface area contributed by atoms with E-state index >= 15 is 0 Å². The average Bonchev–Trinajstić information content (AvgIpc) is 2.16. The standard InChI is InChI=1S/C9H10O6S/c1-6(9(10)11)15-7-4-2-3-5-8(7)16(12,13)14/h2-6H,1H3,(H,10,11)(H,12,13,14). The summed E-state index contributed by atoms with van der Waals surface area (Å²) in [6.45, 7) is 1.25. The zero-order valence-corrected chi connectivity index (χ0v) is 9.14. The van der Waals surface area contributed by atoms with Gasteiger partial charge in [0.2, 0.25) is 0 Å². The van der Waals surface area contributed by atoms with Crippen LogP contribution in [0.2, 0.25) is 0 Å². The number of rotatable bonds is 4. The Morgan fingerprint density at radius 1 is 1.38 bits per heavy atom. The lowest BCUT2D eigenvalue weighted by Gasteiger charge is -2.12. The number of ether oxygens (including phenoxy) is 1. The Hall–Kier alpha value is -1.60. The first kappa shape index (κ1) is 12.5. The molecular weight excluding hydrogens is 236 g/mol. The third-order valence-corrected chi connectivity index (χ3v) is 2.67. The van der Waals surface area contributed by atoms with Crippen molar-refractivity contribution in [1.82, 2.24) is 0 Å². The number of carboxylic acids is 1. The highest BCUT2D eigenvalue weighted by Crippen LogP contribution is 2.23. The molecule has 0 saturated heterocycles. The molecular formula is C9H10O6S. The van der Waals surface area contributed by atoms with Crippen LogP contribution in [0.25, 0.3) is 0 Å². The fourth-order valence-corrected chi connectivity index (χ4v) is 1.62. The number of hydrogen-bond donors (Lipinski definition) is 2. The lowest BCUT2D eigenvalue weighted by atomic mass is 10.3. The van der Waals surface area contributed by atoms with E-state index in [1.165, 1.54) is 25.1 Å². The van der Waals surface area contributed by atoms with Crippen LogP contribution in [0, 0.1) is 0 Å². The van der Waals surface area contributed by atoms with Crippen LogP contribution in [0.1, 0.15) is 6.92 Å². The highest BCUT2D eigenvalue weighted by molar-refractivity contribution is 7.86. The fraction of sp³-hybridized carbons (Fsp3) is 0.222. The number of hydrogen-bond acceptors (Lipinski definition) is 4. The predicted octanol–water partition coefficient (Wildman–Crippen LogP) is 0.785. The Morgan fingerprint density at radius 2 is 1.94 bits per heavy atom. The van der Waals surface area contributed by atoms with Crippen LogP contribution < -0.4 is 4.74 Å². The highest BCUT2D eigenvalue weighted by Gasteiger charge is 2.20. The average molecular weight is 246 g/mol. The van der Waals surface area contributed by atoms with Gasteiger partial charge >= 0.3 is 5.97 Å². The Balaban J connectivity index is 3.10. The summed E-state index contributed by atoms with van der Waals surface area (Å²) < 4.78 is 35.6. The van der Waals surface area contributed by atoms with E-state index in [9.17, 15) is 13.2 Å². The van der Waals surface area contributed by atoms with Gasteiger partial charge in [-0.15, -0.1) is 0 Å². The normalized spacial score (nSPS) is 13.1. The molecule has 2 N–H and O–H groups in total. The summed E-state index contributed by atoms with van der Waals surface area (Å²) in [6, 6.07) is 5.25. The number of carbonyl (C=O) groups is 1. The van der Waals surface area contributed by atoms with Crippen LogP contribution in [0.5, 0.6) is 5.75 Å². The van der Waals surface area contributed by atoms with Gasteiger partial charge in [-0.2, -0.15) is 8.42 Å². The van der Waals surface area contributed by atoms with Crippen LogP contribution in [-0.2, 0) is 14.9 Å². The first-order chi connectivity index (χ1) is 7.32. The Bertz CT molecular complexity index is 492. The van der Waals surface area contributed by atoms with Gasteiger partial charge in [-0.25, -0.2) is 4.79 Å². The molecule has 0 spiro atoms. The maximum absolute atomic E-state index is 10.9. The highest BCUT2D eigenvalue weighted by atomic mass is 32.2. The number of para-hydroxylation sites is 1. The quantitative estimate of drug-likeness (QED) is 0.761. The molecule has 0 aromatic heterocycles. The molecule has 1 aromatic rings. The summed E-state index contributed by atoms with van der Waals surface area (Å²) in [5, 5.41) is 8.60. The second-order valence-corrected chi connectivity index (χ2v) is 4.41. The molecule has 0 fully saturated rings. The third-order valence-electron chi connectivity index (χ3n) is 1.78. The molecule has 0 radical (unpaired) electrons. The van der Waals surface area contributed by atoms with Crippen molar-refractivity contribution in [2.45, 2.75) is 17.9 Å². The first-order valence-electron chi connectivity index (χ1n) is 4.28. The van der Waals surface area contributed by atoms with E-state index in [4.69, 9.17) is 14.4 Å². The summed E-state index contributed by atoms with van der Waals surface area (Å²) in [4.78, 5) is 10.1. The van der Waals surface area contributed by atoms with E-state index in [1.54, 1.807) is 0 Å². The van der Waals surface area contributed by atoms with Crippen LogP contribution in [0.15, 0.2) is 29.2 Å². The number of aliphatic carboxylic acids is 1. The van der Waals surface area contributed by atoms with Gasteiger partial charge in [-0.1, -0.05) is 12.1 Å². The Kier molecular flexibility index (Phi) is 3.51. The van der Waals surface area contributed by atoms with Gasteiger partial charge < -0.3 is 9.84 Å². The second-order valence-electron chi connectivity index (χ2n) is 3.02. The van der Waals surface area contributed by atoms with Crippen molar-refractivity contribution in [2.24, 2.45) is 0 Å². The van der Waals surface area contributed by atoms with Crippen LogP contribution in [-0.4, -0.2) is 30.2 Å². The molecule has 0 saturated carbocycles. The van der Waals surface area contributed by atoms with Crippen molar-refractivity contribution in [3.05, 3.63) is 24.3 Å². The van der Waals surface area contributed by atoms with Gasteiger partial charge in [-0.05, 0) is 19.1 Å². The minimum Gasteiger partial charge on any atom is -0.479 e. The minimum atomic E-state index is -4.42. The zero-order valence-electron chi connectivity index (χ0n) is 8.32. The molecule has 0 heterocycles. The topological polar surface area (TPSA) is 101 Å². The molecule has 0 aliphatic carbocycles. The van der Waals surface area contributed by atoms with Crippen molar-refractivity contribution >= 4 is 16.1 Å². The van der Waals surface area contributed by atoms with Crippen molar-refractivity contribution in [2.75, 3.05) is 0 Å². The smallest absolute Gasteiger partial charge is 0.344 e. The van der Waals surface area contributed by atoms with Gasteiger partial charge in [-0.3, -0.25) is 4.55 Å². The molecule has 1 aromatic carbocycles. The second kappa shape index (κ2) is 4.50. The SMILES string of the molecule is CC(Oc1ccccc1S(=O)(=O)O)C(=O)O. The summed E-state index contributed by atoms with van der Waals surface area (Å²) in [5.41, 5.74) is 0. The Labute approximate surface area is 92.2 Å². The lowest BCUT2D eigenvalue weighted by molar-refractivity contribution is -0.144. The molecule has 16 heavy (non-hydrogen) atoms. The molecule has 6 nitrogen and oxygen atoms in total. The molecule has 0 aliphatic rings. The van der Waals surface area contributed by atoms with Crippen molar-refractivity contribution in [3.8, 4) is 5.75 Å². The molecule has 88 valence electrons. The first-order valence-corrected chi connectivity index (χ1v) is 5.72. The van der Waals surface area contributed by atoms with E-state index < -0.39 is 27.1 Å². The van der Waals surface area contributed by atoms with E-state index in [2.05, 4.69) is 0 Å². The molecule has 7 heteroatoms. The summed E-state index contributed by atoms with van der Waals surface area (Å²) in [5.74, 6) is -1.43. The molecule has 0 aliphatic heterocycles. The van der Waals surface area contributed by atoms with E-state index in [0.717, 1.165) is 6.07 Å². The molecule has 1 unspecified atom stereocenters. The van der Waals surface area contributed by atoms with E-state index in [0.29, 0.717) is 0 Å². The largest absolute Gasteiger partial charge is 0.479 e. The van der Waals surface area contributed by atoms with Gasteiger partial charge in [0, 0.05) is 0 Å². The number of carboxylic acid groups (broad SMARTS) is 1. The van der Waals surface area contributed by atoms with Crippen LogP contribution >= 0.6 is 0 Å². The van der Waals surface area contributed by atoms with Crippen LogP contribution in [0.3, 0.4) is 0 Å². The van der Waals surface area contributed by atoms with Crippen molar-refractivity contribution in [1.29, 1.82) is 0 Å². The van der Waals surface area contributed by atoms with Crippen molar-refractivity contribution in [3.63, 3.8) is 0 Å². The monoisotopic (exact) mass is 246 g/mol. The van der Waals surface area contributed by atoms with E-state index in [1.807, 2.05) is 0 Å². The summed E-state index contributed by atoms with van der Waals surface area (Å²) in [7, 11) is -4.42. The number of benzene rings is 1. The van der Waals surface area contributed by atoms with E-state index in [-0.39, 0.29) is 5.75 Å². The predicted molar refractivity (Wildman–Crippen MR) is 54.0 cm³/mol. The Morgan fingerprint density at radius 3 is 2.44 bits per heavy atom. The van der Waals surface area contributed by atoms with Gasteiger partial charge in [0.25, 0.3) is 10.1 Å². The maximum atomic E-state index is 10.9. The molecule has 1 rings (SSSR count). The molecule has 0 amide bonds. The van der Waals surface area contributed by atoms with Crippen LogP contribution in [0.4, 0.5) is 0 Å². The maximum Gasteiger partial charge on any atom is 0.344 e. The van der Waals surface area contributed by atoms with Crippen molar-refractivity contribution < 1.29 is 27.6 Å². The summed E-state index contributed by atoms with van der Waals surface area (Å²) >= 11 is 0. The fourth-order valence-electron chi connectivity index (χ4n) is 1.00. The van der Waals surface area contributed by atoms with Gasteiger partial charge in [0.05, 0.1) is 0 Å². The molecule has 0 bridgehead atoms. The lowest BCUT2D eigenvalue weighted by Crippen LogP contribution is -2.23.